The third kappa shape index (κ3) is 11.0. The largest absolute Gasteiger partial charge is 0.481 e. The summed E-state index contributed by atoms with van der Waals surface area (Å²) in [6, 6.07) is 4.02. The van der Waals surface area contributed by atoms with Gasteiger partial charge in [0.25, 0.3) is 0 Å². The zero-order chi connectivity index (χ0) is 26.5. The number of aliphatic hydroxyl groups excluding tert-OH is 1. The molecule has 0 aliphatic rings. The van der Waals surface area contributed by atoms with Crippen molar-refractivity contribution in [1.29, 1.82) is 0 Å². The van der Waals surface area contributed by atoms with Gasteiger partial charge in [-0.15, -0.1) is 0 Å². The van der Waals surface area contributed by atoms with Crippen LogP contribution in [0.1, 0.15) is 38.7 Å². The molecule has 194 valence electrons. The molecule has 0 aliphatic carbocycles. The summed E-state index contributed by atoms with van der Waals surface area (Å²) in [5.41, 5.74) is 6.84. The molecule has 0 spiro atoms. The topological polar surface area (TPSA) is 208 Å². The van der Waals surface area contributed by atoms with Gasteiger partial charge in [0.1, 0.15) is 18.1 Å². The second-order valence-electron chi connectivity index (χ2n) is 8.56. The molecule has 0 bridgehead atoms. The van der Waals surface area contributed by atoms with Crippen LogP contribution in [0.5, 0.6) is 0 Å². The molecule has 1 aromatic carbocycles. The predicted octanol–water partition coefficient (Wildman–Crippen LogP) is -1.00. The molecule has 12 nitrogen and oxygen atoms in total. The van der Waals surface area contributed by atoms with Crippen molar-refractivity contribution in [3.05, 3.63) is 35.9 Å². The summed E-state index contributed by atoms with van der Waals surface area (Å²) in [5.74, 6) is -5.06. The van der Waals surface area contributed by atoms with E-state index < -0.39 is 66.9 Å². The molecule has 0 aliphatic heterocycles. The molecule has 1 aromatic rings. The van der Waals surface area contributed by atoms with Crippen molar-refractivity contribution in [1.82, 2.24) is 16.0 Å². The van der Waals surface area contributed by atoms with Gasteiger partial charge < -0.3 is 37.0 Å². The number of rotatable bonds is 15. The lowest BCUT2D eigenvalue weighted by atomic mass is 10.0. The number of hydrogen-bond donors (Lipinski definition) is 7. The summed E-state index contributed by atoms with van der Waals surface area (Å²) in [6.45, 7) is 2.75. The Bertz CT molecular complexity index is 878. The summed E-state index contributed by atoms with van der Waals surface area (Å²) < 4.78 is 0. The van der Waals surface area contributed by atoms with Gasteiger partial charge in [-0.05, 0) is 30.7 Å². The molecule has 4 atom stereocenters. The van der Waals surface area contributed by atoms with Crippen molar-refractivity contribution in [2.75, 3.05) is 6.61 Å². The number of nitrogens with one attached hydrogen (secondary N) is 3. The van der Waals surface area contributed by atoms with Crippen molar-refractivity contribution >= 4 is 29.7 Å². The van der Waals surface area contributed by atoms with Gasteiger partial charge in [0.2, 0.25) is 17.7 Å². The summed E-state index contributed by atoms with van der Waals surface area (Å²) in [5, 5.41) is 34.2. The Morgan fingerprint density at radius 2 is 1.40 bits per heavy atom. The number of hydrogen-bond acceptors (Lipinski definition) is 7. The standard InChI is InChI=1S/C23H34N4O8/c1-13(2)10-17(26-20(31)15(24)11-14-6-4-3-5-7-14)22(33)25-16(8-9-19(29)30)21(32)27-18(12-28)23(34)35/h3-7,13,15-18,28H,8-12,24H2,1-2H3,(H,25,33)(H,26,31)(H,27,32)(H,29,30)(H,34,35). The predicted molar refractivity (Wildman–Crippen MR) is 125 cm³/mol. The van der Waals surface area contributed by atoms with Crippen LogP contribution in [0, 0.1) is 5.92 Å². The third-order valence-electron chi connectivity index (χ3n) is 5.05. The van der Waals surface area contributed by atoms with E-state index in [0.29, 0.717) is 0 Å². The maximum absolute atomic E-state index is 13.0. The van der Waals surface area contributed by atoms with Crippen LogP contribution in [0.25, 0.3) is 0 Å². The van der Waals surface area contributed by atoms with Gasteiger partial charge in [-0.1, -0.05) is 44.2 Å². The average Bonchev–Trinajstić information content (AvgIpc) is 2.79. The van der Waals surface area contributed by atoms with E-state index in [1.165, 1.54) is 0 Å². The van der Waals surface area contributed by atoms with Gasteiger partial charge in [-0.2, -0.15) is 0 Å². The minimum absolute atomic E-state index is 0.0338. The van der Waals surface area contributed by atoms with Crippen molar-refractivity contribution in [2.24, 2.45) is 11.7 Å². The van der Waals surface area contributed by atoms with E-state index in [1.54, 1.807) is 0 Å². The van der Waals surface area contributed by atoms with E-state index >= 15 is 0 Å². The van der Waals surface area contributed by atoms with Gasteiger partial charge >= 0.3 is 11.9 Å². The molecule has 35 heavy (non-hydrogen) atoms. The quantitative estimate of drug-likeness (QED) is 0.159. The van der Waals surface area contributed by atoms with Crippen LogP contribution in [0.4, 0.5) is 0 Å². The van der Waals surface area contributed by atoms with Crippen molar-refractivity contribution in [2.45, 2.75) is 63.7 Å². The normalized spacial score (nSPS) is 14.3. The van der Waals surface area contributed by atoms with E-state index in [-0.39, 0.29) is 25.2 Å². The Balaban J connectivity index is 2.95. The fourth-order valence-corrected chi connectivity index (χ4v) is 3.21. The van der Waals surface area contributed by atoms with Crippen molar-refractivity contribution in [3.8, 4) is 0 Å². The Morgan fingerprint density at radius 1 is 0.857 bits per heavy atom. The van der Waals surface area contributed by atoms with E-state index in [9.17, 15) is 24.0 Å². The monoisotopic (exact) mass is 494 g/mol. The maximum atomic E-state index is 13.0. The number of carboxylic acids is 2. The van der Waals surface area contributed by atoms with Gasteiger partial charge in [0.15, 0.2) is 0 Å². The summed E-state index contributed by atoms with van der Waals surface area (Å²) >= 11 is 0. The number of benzene rings is 1. The molecular weight excluding hydrogens is 460 g/mol. The number of nitrogens with two attached hydrogens (primary N) is 1. The minimum Gasteiger partial charge on any atom is -0.481 e. The summed E-state index contributed by atoms with van der Waals surface area (Å²) in [6.07, 6.45) is -0.375. The highest BCUT2D eigenvalue weighted by atomic mass is 16.4. The first-order valence-electron chi connectivity index (χ1n) is 11.2. The minimum atomic E-state index is -1.63. The van der Waals surface area contributed by atoms with Gasteiger partial charge in [-0.3, -0.25) is 19.2 Å². The molecule has 1 rings (SSSR count). The molecule has 0 fully saturated rings. The van der Waals surface area contributed by atoms with Crippen molar-refractivity contribution < 1.29 is 39.3 Å². The first-order chi connectivity index (χ1) is 16.4. The fraction of sp³-hybridized carbons (Fsp3) is 0.522. The van der Waals surface area contributed by atoms with Gasteiger partial charge in [0, 0.05) is 6.42 Å². The highest BCUT2D eigenvalue weighted by molar-refractivity contribution is 5.94. The van der Waals surface area contributed by atoms with E-state index in [4.69, 9.17) is 21.1 Å². The molecule has 4 unspecified atom stereocenters. The first-order valence-corrected chi connectivity index (χ1v) is 11.2. The number of aliphatic carboxylic acids is 2. The lowest BCUT2D eigenvalue weighted by Gasteiger charge is -2.25. The smallest absolute Gasteiger partial charge is 0.328 e. The van der Waals surface area contributed by atoms with E-state index in [1.807, 2.05) is 44.2 Å². The van der Waals surface area contributed by atoms with E-state index in [2.05, 4.69) is 16.0 Å². The molecule has 3 amide bonds. The van der Waals surface area contributed by atoms with Gasteiger partial charge in [-0.25, -0.2) is 4.79 Å². The Morgan fingerprint density at radius 3 is 1.91 bits per heavy atom. The van der Waals surface area contributed by atoms with E-state index in [0.717, 1.165) is 5.56 Å². The summed E-state index contributed by atoms with van der Waals surface area (Å²) in [4.78, 5) is 60.3. The fourth-order valence-electron chi connectivity index (χ4n) is 3.21. The third-order valence-corrected chi connectivity index (χ3v) is 5.05. The van der Waals surface area contributed by atoms with Crippen LogP contribution < -0.4 is 21.7 Å². The number of carbonyl (C=O) groups is 5. The second kappa shape index (κ2) is 14.7. The zero-order valence-corrected chi connectivity index (χ0v) is 19.8. The molecule has 0 heterocycles. The number of carboxylic acid groups (broad SMARTS) is 2. The highest BCUT2D eigenvalue weighted by Gasteiger charge is 2.30. The Labute approximate surface area is 203 Å². The highest BCUT2D eigenvalue weighted by Crippen LogP contribution is 2.09. The van der Waals surface area contributed by atoms with Gasteiger partial charge in [0.05, 0.1) is 12.6 Å². The second-order valence-corrected chi connectivity index (χ2v) is 8.56. The van der Waals surface area contributed by atoms with Crippen LogP contribution in [0.15, 0.2) is 30.3 Å². The number of carbonyl (C=O) groups excluding carboxylic acids is 3. The van der Waals surface area contributed by atoms with Crippen LogP contribution >= 0.6 is 0 Å². The molecule has 12 heteroatoms. The number of aliphatic hydroxyl groups is 1. The number of amides is 3. The molecule has 8 N–H and O–H groups in total. The molecular formula is C23H34N4O8. The maximum Gasteiger partial charge on any atom is 0.328 e. The van der Waals surface area contributed by atoms with Crippen LogP contribution in [-0.2, 0) is 30.4 Å². The average molecular weight is 495 g/mol. The zero-order valence-electron chi connectivity index (χ0n) is 19.8. The lowest BCUT2D eigenvalue weighted by Crippen LogP contribution is -2.57. The Hall–Kier alpha value is -3.51. The van der Waals surface area contributed by atoms with Crippen LogP contribution in [0.3, 0.4) is 0 Å². The molecule has 0 radical (unpaired) electrons. The Kier molecular flexibility index (Phi) is 12.4. The summed E-state index contributed by atoms with van der Waals surface area (Å²) in [7, 11) is 0. The molecule has 0 saturated carbocycles. The van der Waals surface area contributed by atoms with Crippen molar-refractivity contribution in [3.63, 3.8) is 0 Å². The van der Waals surface area contributed by atoms with Crippen LogP contribution in [0.2, 0.25) is 0 Å². The molecule has 0 aromatic heterocycles. The SMILES string of the molecule is CC(C)CC(NC(=O)C(N)Cc1ccccc1)C(=O)NC(CCC(=O)O)C(=O)NC(CO)C(=O)O. The first kappa shape index (κ1) is 29.5. The lowest BCUT2D eigenvalue weighted by molar-refractivity contribution is -0.144. The molecule has 0 saturated heterocycles. The van der Waals surface area contributed by atoms with Crippen LogP contribution in [-0.4, -0.2) is 75.8 Å².